The summed E-state index contributed by atoms with van der Waals surface area (Å²) in [7, 11) is 0. The average Bonchev–Trinajstić information content (AvgIpc) is 2.91. The molecule has 2 aromatic rings. The lowest BCUT2D eigenvalue weighted by Gasteiger charge is -2.13. The largest absolute Gasteiger partial charge is 0.357 e. The molecule has 1 atom stereocenters. The first-order chi connectivity index (χ1) is 8.34. The maximum atomic E-state index is 12.4. The summed E-state index contributed by atoms with van der Waals surface area (Å²) >= 11 is 0. The number of hydrogen-bond donors (Lipinski definition) is 1. The molecule has 0 saturated carbocycles. The Morgan fingerprint density at radius 3 is 3.12 bits per heavy atom. The number of aromatic nitrogens is 1. The highest BCUT2D eigenvalue weighted by Gasteiger charge is 2.36. The predicted molar refractivity (Wildman–Crippen MR) is 67.0 cm³/mol. The second-order valence-corrected chi connectivity index (χ2v) is 5.02. The maximum absolute atomic E-state index is 12.4. The van der Waals surface area contributed by atoms with Crippen molar-refractivity contribution >= 4 is 10.9 Å². The van der Waals surface area contributed by atoms with E-state index in [0.717, 1.165) is 29.6 Å². The molecule has 1 N–H and O–H groups in total. The monoisotopic (exact) mass is 226 g/mol. The molecule has 0 aliphatic carbocycles. The van der Waals surface area contributed by atoms with Crippen LogP contribution in [0.5, 0.6) is 0 Å². The van der Waals surface area contributed by atoms with Crippen molar-refractivity contribution in [3.63, 3.8) is 0 Å². The lowest BCUT2D eigenvalue weighted by atomic mass is 10.1. The minimum absolute atomic E-state index is 0.226. The third-order valence-electron chi connectivity index (χ3n) is 4.10. The molecule has 0 spiro atoms. The summed E-state index contributed by atoms with van der Waals surface area (Å²) in [5.41, 5.74) is 3.37. The molecule has 3 nitrogen and oxygen atoms in total. The molecule has 4 rings (SSSR count). The number of aromatic amines is 1. The van der Waals surface area contributed by atoms with Crippen LogP contribution in [-0.2, 0) is 6.54 Å². The molecule has 0 radical (unpaired) electrons. The van der Waals surface area contributed by atoms with Gasteiger partial charge in [0, 0.05) is 28.7 Å². The van der Waals surface area contributed by atoms with Gasteiger partial charge in [-0.2, -0.15) is 0 Å². The third kappa shape index (κ3) is 1.17. The van der Waals surface area contributed by atoms with Crippen molar-refractivity contribution in [2.75, 3.05) is 6.54 Å². The SMILES string of the molecule is O=c1c2c([nH]c3ccccc13)C1CCCN1C2. The Morgan fingerprint density at radius 1 is 1.29 bits per heavy atom. The number of benzene rings is 1. The van der Waals surface area contributed by atoms with Crippen LogP contribution in [-0.4, -0.2) is 16.4 Å². The maximum Gasteiger partial charge on any atom is 0.194 e. The molecule has 2 aliphatic rings. The summed E-state index contributed by atoms with van der Waals surface area (Å²) in [5.74, 6) is 0. The van der Waals surface area contributed by atoms with Crippen LogP contribution < -0.4 is 5.43 Å². The molecule has 3 heteroatoms. The Balaban J connectivity index is 2.06. The van der Waals surface area contributed by atoms with Crippen LogP contribution >= 0.6 is 0 Å². The zero-order valence-corrected chi connectivity index (χ0v) is 9.57. The number of hydrogen-bond acceptors (Lipinski definition) is 2. The van der Waals surface area contributed by atoms with Gasteiger partial charge in [-0.1, -0.05) is 12.1 Å². The van der Waals surface area contributed by atoms with E-state index in [1.807, 2.05) is 24.3 Å². The van der Waals surface area contributed by atoms with Crippen LogP contribution in [0.3, 0.4) is 0 Å². The van der Waals surface area contributed by atoms with E-state index in [2.05, 4.69) is 9.88 Å². The Morgan fingerprint density at radius 2 is 2.18 bits per heavy atom. The van der Waals surface area contributed by atoms with Gasteiger partial charge in [0.1, 0.15) is 0 Å². The van der Waals surface area contributed by atoms with Crippen LogP contribution in [0.15, 0.2) is 29.1 Å². The molecule has 17 heavy (non-hydrogen) atoms. The number of nitrogens with one attached hydrogen (secondary N) is 1. The van der Waals surface area contributed by atoms with Crippen molar-refractivity contribution in [1.29, 1.82) is 0 Å². The highest BCUT2D eigenvalue weighted by Crippen LogP contribution is 2.39. The highest BCUT2D eigenvalue weighted by atomic mass is 16.1. The normalized spacial score (nSPS) is 22.9. The van der Waals surface area contributed by atoms with Gasteiger partial charge in [0.05, 0.1) is 6.04 Å². The summed E-state index contributed by atoms with van der Waals surface area (Å²) in [4.78, 5) is 18.3. The van der Waals surface area contributed by atoms with Gasteiger partial charge in [-0.05, 0) is 31.5 Å². The molecule has 86 valence electrons. The van der Waals surface area contributed by atoms with Crippen LogP contribution in [0.1, 0.15) is 30.1 Å². The van der Waals surface area contributed by atoms with Crippen LogP contribution in [0.2, 0.25) is 0 Å². The molecule has 1 saturated heterocycles. The summed E-state index contributed by atoms with van der Waals surface area (Å²) in [6.45, 7) is 1.96. The van der Waals surface area contributed by atoms with Gasteiger partial charge < -0.3 is 4.98 Å². The molecule has 0 bridgehead atoms. The summed E-state index contributed by atoms with van der Waals surface area (Å²) in [6, 6.07) is 8.28. The third-order valence-corrected chi connectivity index (χ3v) is 4.10. The van der Waals surface area contributed by atoms with E-state index < -0.39 is 0 Å². The zero-order valence-electron chi connectivity index (χ0n) is 9.57. The fraction of sp³-hybridized carbons (Fsp3) is 0.357. The zero-order chi connectivity index (χ0) is 11.4. The van der Waals surface area contributed by atoms with E-state index in [-0.39, 0.29) is 5.43 Å². The van der Waals surface area contributed by atoms with E-state index in [1.54, 1.807) is 0 Å². The fourth-order valence-electron chi connectivity index (χ4n) is 3.28. The minimum Gasteiger partial charge on any atom is -0.357 e. The first-order valence-corrected chi connectivity index (χ1v) is 6.22. The Hall–Kier alpha value is -1.61. The summed E-state index contributed by atoms with van der Waals surface area (Å²) < 4.78 is 0. The lowest BCUT2D eigenvalue weighted by molar-refractivity contribution is 0.278. The van der Waals surface area contributed by atoms with Gasteiger partial charge in [-0.3, -0.25) is 9.69 Å². The van der Waals surface area contributed by atoms with E-state index in [9.17, 15) is 4.79 Å². The van der Waals surface area contributed by atoms with Gasteiger partial charge in [-0.25, -0.2) is 0 Å². The summed E-state index contributed by atoms with van der Waals surface area (Å²) in [6.07, 6.45) is 2.43. The van der Waals surface area contributed by atoms with Crippen molar-refractivity contribution in [3.05, 3.63) is 45.7 Å². The first-order valence-electron chi connectivity index (χ1n) is 6.22. The predicted octanol–water partition coefficient (Wildman–Crippen LogP) is 2.18. The van der Waals surface area contributed by atoms with Crippen molar-refractivity contribution in [2.24, 2.45) is 0 Å². The van der Waals surface area contributed by atoms with E-state index in [0.29, 0.717) is 6.04 Å². The number of H-pyrrole nitrogens is 1. The number of rotatable bonds is 0. The molecule has 1 aromatic heterocycles. The van der Waals surface area contributed by atoms with Crippen LogP contribution in [0.4, 0.5) is 0 Å². The van der Waals surface area contributed by atoms with Gasteiger partial charge in [-0.15, -0.1) is 0 Å². The Labute approximate surface area is 99.1 Å². The first kappa shape index (κ1) is 9.42. The number of nitrogens with zero attached hydrogens (tertiary/aromatic N) is 1. The second kappa shape index (κ2) is 3.20. The Kier molecular flexibility index (Phi) is 1.77. The number of fused-ring (bicyclic) bond motifs is 4. The van der Waals surface area contributed by atoms with E-state index >= 15 is 0 Å². The van der Waals surface area contributed by atoms with Gasteiger partial charge >= 0.3 is 0 Å². The van der Waals surface area contributed by atoms with Crippen molar-refractivity contribution < 1.29 is 0 Å². The molecule has 1 fully saturated rings. The van der Waals surface area contributed by atoms with Gasteiger partial charge in [0.2, 0.25) is 0 Å². The number of pyridine rings is 1. The van der Waals surface area contributed by atoms with Crippen molar-refractivity contribution in [1.82, 2.24) is 9.88 Å². The molecule has 3 heterocycles. The lowest BCUT2D eigenvalue weighted by Crippen LogP contribution is -2.16. The Bertz CT molecular complexity index is 659. The molecular formula is C14H14N2O. The summed E-state index contributed by atoms with van der Waals surface area (Å²) in [5, 5.41) is 0.826. The molecule has 0 amide bonds. The minimum atomic E-state index is 0.226. The standard InChI is InChI=1S/C14H14N2O/c17-14-9-4-1-2-5-11(9)15-13-10(14)8-16-7-3-6-12(13)16/h1-2,4-5,12H,3,6-8H2,(H,15,17). The van der Waals surface area contributed by atoms with Crippen LogP contribution in [0.25, 0.3) is 10.9 Å². The van der Waals surface area contributed by atoms with Gasteiger partial charge in [0.15, 0.2) is 5.43 Å². The topological polar surface area (TPSA) is 36.1 Å². The van der Waals surface area contributed by atoms with Crippen molar-refractivity contribution in [2.45, 2.75) is 25.4 Å². The molecule has 1 unspecified atom stereocenters. The number of para-hydroxylation sites is 1. The van der Waals surface area contributed by atoms with Crippen LogP contribution in [0, 0.1) is 0 Å². The highest BCUT2D eigenvalue weighted by molar-refractivity contribution is 5.79. The molecule has 2 aliphatic heterocycles. The fourth-order valence-corrected chi connectivity index (χ4v) is 3.28. The second-order valence-electron chi connectivity index (χ2n) is 5.02. The van der Waals surface area contributed by atoms with E-state index in [1.165, 1.54) is 18.5 Å². The quantitative estimate of drug-likeness (QED) is 0.747. The average molecular weight is 226 g/mol. The van der Waals surface area contributed by atoms with E-state index in [4.69, 9.17) is 0 Å². The van der Waals surface area contributed by atoms with Gasteiger partial charge in [0.25, 0.3) is 0 Å². The van der Waals surface area contributed by atoms with Crippen molar-refractivity contribution in [3.8, 4) is 0 Å². The smallest absolute Gasteiger partial charge is 0.194 e. The molecular weight excluding hydrogens is 212 g/mol. The molecule has 1 aromatic carbocycles.